The average molecular weight is 291 g/mol. The van der Waals surface area contributed by atoms with Gasteiger partial charge in [0, 0.05) is 30.9 Å². The third-order valence-electron chi connectivity index (χ3n) is 4.66. The molecule has 0 amide bonds. The third-order valence-corrected chi connectivity index (χ3v) is 4.66. The van der Waals surface area contributed by atoms with Crippen molar-refractivity contribution in [1.82, 2.24) is 4.90 Å². The van der Waals surface area contributed by atoms with Crippen LogP contribution in [0, 0.1) is 0 Å². The van der Waals surface area contributed by atoms with Crippen molar-refractivity contribution in [3.05, 3.63) is 18.2 Å². The number of benzene rings is 1. The highest BCUT2D eigenvalue weighted by atomic mass is 16.5. The lowest BCUT2D eigenvalue weighted by molar-refractivity contribution is 0.0683. The minimum Gasteiger partial charge on any atom is -0.491 e. The highest BCUT2D eigenvalue weighted by molar-refractivity contribution is 5.62. The lowest BCUT2D eigenvalue weighted by atomic mass is 9.75. The lowest BCUT2D eigenvalue weighted by Gasteiger charge is -2.49. The minimum atomic E-state index is 0.320. The molecule has 0 spiro atoms. The van der Waals surface area contributed by atoms with Gasteiger partial charge in [-0.05, 0) is 51.9 Å². The van der Waals surface area contributed by atoms with Gasteiger partial charge >= 0.3 is 0 Å². The van der Waals surface area contributed by atoms with Crippen LogP contribution in [0.3, 0.4) is 0 Å². The smallest absolute Gasteiger partial charge is 0.144 e. The van der Waals surface area contributed by atoms with E-state index in [0.29, 0.717) is 17.8 Å². The molecule has 0 bridgehead atoms. The first-order chi connectivity index (χ1) is 9.98. The zero-order valence-electron chi connectivity index (χ0n) is 13.9. The molecule has 1 aromatic rings. The fourth-order valence-corrected chi connectivity index (χ4v) is 2.96. The molecule has 0 unspecified atom stereocenters. The Morgan fingerprint density at radius 3 is 2.48 bits per heavy atom. The molecule has 1 aliphatic carbocycles. The van der Waals surface area contributed by atoms with Crippen molar-refractivity contribution >= 4 is 11.4 Å². The number of likely N-dealkylation sites (N-methyl/N-ethyl adjacent to an activating group) is 2. The van der Waals surface area contributed by atoms with E-state index in [1.165, 1.54) is 24.9 Å². The van der Waals surface area contributed by atoms with Crippen molar-refractivity contribution in [1.29, 1.82) is 0 Å². The van der Waals surface area contributed by atoms with Crippen LogP contribution in [-0.4, -0.2) is 44.7 Å². The molecule has 0 aromatic heterocycles. The van der Waals surface area contributed by atoms with E-state index < -0.39 is 0 Å². The normalized spacial score (nSPS) is 16.6. The third kappa shape index (κ3) is 3.43. The van der Waals surface area contributed by atoms with Gasteiger partial charge in [0.1, 0.15) is 5.75 Å². The van der Waals surface area contributed by atoms with Gasteiger partial charge in [-0.3, -0.25) is 0 Å². The first-order valence-electron chi connectivity index (χ1n) is 7.89. The number of hydrogen-bond acceptors (Lipinski definition) is 4. The average Bonchev–Trinajstić information content (AvgIpc) is 2.41. The molecule has 2 N–H and O–H groups in total. The number of rotatable bonds is 7. The van der Waals surface area contributed by atoms with E-state index in [2.05, 4.69) is 50.0 Å². The Morgan fingerprint density at radius 1 is 1.24 bits per heavy atom. The summed E-state index contributed by atoms with van der Waals surface area (Å²) in [6, 6.07) is 6.09. The van der Waals surface area contributed by atoms with Crippen LogP contribution in [0.15, 0.2) is 18.2 Å². The first kappa shape index (κ1) is 16.0. The topological polar surface area (TPSA) is 41.7 Å². The number of hydrogen-bond donors (Lipinski definition) is 1. The van der Waals surface area contributed by atoms with Crippen LogP contribution >= 0.6 is 0 Å². The fourth-order valence-electron chi connectivity index (χ4n) is 2.96. The standard InChI is InChI=1S/C17H29N3O/c1-5-11-21-16-12-14(7-8-15(16)18)20(4)13-17(19(2)3)9-6-10-17/h7-8,12H,5-6,9-11,13,18H2,1-4H3. The fraction of sp³-hybridized carbons (Fsp3) is 0.647. The number of nitrogens with zero attached hydrogens (tertiary/aromatic N) is 2. The van der Waals surface area contributed by atoms with Gasteiger partial charge in [-0.25, -0.2) is 0 Å². The summed E-state index contributed by atoms with van der Waals surface area (Å²) in [4.78, 5) is 4.69. The maximum Gasteiger partial charge on any atom is 0.144 e. The molecule has 1 saturated carbocycles. The Kier molecular flexibility index (Phi) is 4.99. The Balaban J connectivity index is 2.10. The molecule has 0 saturated heterocycles. The van der Waals surface area contributed by atoms with Crippen molar-refractivity contribution in [2.75, 3.05) is 44.9 Å². The summed E-state index contributed by atoms with van der Waals surface area (Å²) in [5.41, 5.74) is 8.20. The van der Waals surface area contributed by atoms with Crippen LogP contribution in [0.1, 0.15) is 32.6 Å². The Hall–Kier alpha value is -1.42. The molecule has 0 heterocycles. The minimum absolute atomic E-state index is 0.320. The molecule has 0 atom stereocenters. The van der Waals surface area contributed by atoms with Crippen LogP contribution in [0.2, 0.25) is 0 Å². The molecular weight excluding hydrogens is 262 g/mol. The summed E-state index contributed by atoms with van der Waals surface area (Å²) in [5.74, 6) is 0.800. The SMILES string of the molecule is CCCOc1cc(N(C)CC2(N(C)C)CCC2)ccc1N. The van der Waals surface area contributed by atoms with Gasteiger partial charge in [0.25, 0.3) is 0 Å². The monoisotopic (exact) mass is 291 g/mol. The van der Waals surface area contributed by atoms with Crippen molar-refractivity contribution < 1.29 is 4.74 Å². The van der Waals surface area contributed by atoms with Gasteiger partial charge in [0.05, 0.1) is 12.3 Å². The molecule has 1 aliphatic rings. The Bertz CT molecular complexity index is 469. The van der Waals surface area contributed by atoms with Crippen LogP contribution in [0.25, 0.3) is 0 Å². The Labute approximate surface area is 128 Å². The quantitative estimate of drug-likeness (QED) is 0.784. The summed E-state index contributed by atoms with van der Waals surface area (Å²) >= 11 is 0. The maximum absolute atomic E-state index is 5.99. The van der Waals surface area contributed by atoms with Crippen LogP contribution < -0.4 is 15.4 Å². The van der Waals surface area contributed by atoms with Gasteiger partial charge in [0.2, 0.25) is 0 Å². The van der Waals surface area contributed by atoms with E-state index in [4.69, 9.17) is 10.5 Å². The van der Waals surface area contributed by atoms with Crippen LogP contribution in [-0.2, 0) is 0 Å². The summed E-state index contributed by atoms with van der Waals surface area (Å²) < 4.78 is 5.73. The van der Waals surface area contributed by atoms with E-state index in [9.17, 15) is 0 Å². The summed E-state index contributed by atoms with van der Waals surface area (Å²) in [7, 11) is 6.52. The predicted molar refractivity (Wildman–Crippen MR) is 90.2 cm³/mol. The van der Waals surface area contributed by atoms with Gasteiger partial charge in [-0.15, -0.1) is 0 Å². The zero-order chi connectivity index (χ0) is 15.5. The summed E-state index contributed by atoms with van der Waals surface area (Å²) in [6.07, 6.45) is 4.87. The van der Waals surface area contributed by atoms with Gasteiger partial charge in [-0.2, -0.15) is 0 Å². The van der Waals surface area contributed by atoms with E-state index >= 15 is 0 Å². The number of ether oxygens (including phenoxy) is 1. The number of anilines is 2. The molecular formula is C17H29N3O. The molecule has 4 heteroatoms. The molecule has 21 heavy (non-hydrogen) atoms. The van der Waals surface area contributed by atoms with Crippen LogP contribution in [0.4, 0.5) is 11.4 Å². The lowest BCUT2D eigenvalue weighted by Crippen LogP contribution is -2.56. The largest absolute Gasteiger partial charge is 0.491 e. The molecule has 118 valence electrons. The second-order valence-electron chi connectivity index (χ2n) is 6.40. The van der Waals surface area contributed by atoms with Crippen LogP contribution in [0.5, 0.6) is 5.75 Å². The highest BCUT2D eigenvalue weighted by Gasteiger charge is 2.39. The molecule has 4 nitrogen and oxygen atoms in total. The molecule has 2 rings (SSSR count). The molecule has 1 aromatic carbocycles. The van der Waals surface area contributed by atoms with E-state index in [1.807, 2.05) is 6.07 Å². The highest BCUT2D eigenvalue weighted by Crippen LogP contribution is 2.38. The van der Waals surface area contributed by atoms with Crippen molar-refractivity contribution in [3.8, 4) is 5.75 Å². The molecule has 1 fully saturated rings. The number of nitrogen functional groups attached to an aromatic ring is 1. The van der Waals surface area contributed by atoms with Crippen molar-refractivity contribution in [2.45, 2.75) is 38.1 Å². The van der Waals surface area contributed by atoms with E-state index in [-0.39, 0.29) is 0 Å². The van der Waals surface area contributed by atoms with Gasteiger partial charge in [-0.1, -0.05) is 6.92 Å². The second-order valence-corrected chi connectivity index (χ2v) is 6.40. The summed E-state index contributed by atoms with van der Waals surface area (Å²) in [5, 5.41) is 0. The Morgan fingerprint density at radius 2 is 1.95 bits per heavy atom. The van der Waals surface area contributed by atoms with E-state index in [0.717, 1.165) is 18.7 Å². The molecule has 0 aliphatic heterocycles. The van der Waals surface area contributed by atoms with Crippen molar-refractivity contribution in [2.24, 2.45) is 0 Å². The second kappa shape index (κ2) is 6.56. The molecule has 0 radical (unpaired) electrons. The first-order valence-corrected chi connectivity index (χ1v) is 7.89. The maximum atomic E-state index is 5.99. The van der Waals surface area contributed by atoms with Crippen molar-refractivity contribution in [3.63, 3.8) is 0 Å². The number of nitrogens with two attached hydrogens (primary N) is 1. The zero-order valence-corrected chi connectivity index (χ0v) is 13.9. The predicted octanol–water partition coefficient (Wildman–Crippen LogP) is 2.98. The van der Waals surface area contributed by atoms with Gasteiger partial charge < -0.3 is 20.3 Å². The summed E-state index contributed by atoms with van der Waals surface area (Å²) in [6.45, 7) is 3.85. The van der Waals surface area contributed by atoms with Gasteiger partial charge in [0.15, 0.2) is 0 Å². The van der Waals surface area contributed by atoms with E-state index in [1.54, 1.807) is 0 Å².